The number of aryl methyl sites for hydroxylation is 1. The summed E-state index contributed by atoms with van der Waals surface area (Å²) in [6.07, 6.45) is 0. The fourth-order valence-corrected chi connectivity index (χ4v) is 5.86. The molecule has 0 saturated heterocycles. The Morgan fingerprint density at radius 1 is 1.00 bits per heavy atom. The third-order valence-electron chi connectivity index (χ3n) is 5.87. The van der Waals surface area contributed by atoms with E-state index in [4.69, 9.17) is 23.2 Å². The maximum Gasteiger partial charge on any atom is 0.264 e. The Morgan fingerprint density at radius 2 is 1.63 bits per heavy atom. The summed E-state index contributed by atoms with van der Waals surface area (Å²) in [5.74, 6) is -0.940. The fraction of sp³-hybridized carbons (Fsp3) is 0.259. The van der Waals surface area contributed by atoms with Crippen molar-refractivity contribution in [1.29, 1.82) is 0 Å². The van der Waals surface area contributed by atoms with Crippen LogP contribution in [0, 0.1) is 6.92 Å². The van der Waals surface area contributed by atoms with Crippen molar-refractivity contribution in [1.82, 2.24) is 10.2 Å². The van der Waals surface area contributed by atoms with E-state index in [1.165, 1.54) is 29.2 Å². The minimum atomic E-state index is -4.24. The van der Waals surface area contributed by atoms with E-state index in [2.05, 4.69) is 21.2 Å². The average molecular weight is 641 g/mol. The van der Waals surface area contributed by atoms with Crippen molar-refractivity contribution in [3.05, 3.63) is 92.4 Å². The van der Waals surface area contributed by atoms with Crippen molar-refractivity contribution in [2.75, 3.05) is 17.4 Å². The van der Waals surface area contributed by atoms with Gasteiger partial charge < -0.3 is 10.2 Å². The Bertz CT molecular complexity index is 1400. The van der Waals surface area contributed by atoms with Crippen molar-refractivity contribution in [2.45, 2.75) is 38.3 Å². The summed E-state index contributed by atoms with van der Waals surface area (Å²) >= 11 is 16.0. The number of amides is 2. The summed E-state index contributed by atoms with van der Waals surface area (Å²) in [4.78, 5) is 27.9. The topological polar surface area (TPSA) is 86.8 Å². The zero-order valence-corrected chi connectivity index (χ0v) is 25.0. The molecule has 1 atom stereocenters. The molecule has 11 heteroatoms. The molecule has 0 heterocycles. The smallest absolute Gasteiger partial charge is 0.264 e. The number of anilines is 1. The minimum Gasteiger partial charge on any atom is -0.355 e. The fourth-order valence-electron chi connectivity index (χ4n) is 3.73. The molecule has 0 spiro atoms. The van der Waals surface area contributed by atoms with E-state index in [0.717, 1.165) is 19.9 Å². The van der Waals surface area contributed by atoms with Crippen LogP contribution in [0.4, 0.5) is 5.69 Å². The lowest BCUT2D eigenvalue weighted by molar-refractivity contribution is -0.139. The van der Waals surface area contributed by atoms with Gasteiger partial charge in [-0.05, 0) is 62.7 Å². The zero-order valence-electron chi connectivity index (χ0n) is 21.1. The minimum absolute atomic E-state index is 0.00566. The highest BCUT2D eigenvalue weighted by atomic mass is 79.9. The average Bonchev–Trinajstić information content (AvgIpc) is 2.88. The maximum atomic E-state index is 13.8. The van der Waals surface area contributed by atoms with Crippen LogP contribution in [0.15, 0.2) is 76.1 Å². The third kappa shape index (κ3) is 7.08. The summed E-state index contributed by atoms with van der Waals surface area (Å²) < 4.78 is 29.5. The van der Waals surface area contributed by atoms with Gasteiger partial charge >= 0.3 is 0 Å². The third-order valence-corrected chi connectivity index (χ3v) is 8.98. The van der Waals surface area contributed by atoms with Gasteiger partial charge in [-0.1, -0.05) is 75.0 Å². The summed E-state index contributed by atoms with van der Waals surface area (Å²) in [6.45, 7) is 5.10. The molecule has 0 aliphatic heterocycles. The van der Waals surface area contributed by atoms with Gasteiger partial charge in [-0.25, -0.2) is 8.42 Å². The number of hydrogen-bond donors (Lipinski definition) is 1. The summed E-state index contributed by atoms with van der Waals surface area (Å²) in [7, 11) is -4.24. The highest BCUT2D eigenvalue weighted by molar-refractivity contribution is 9.10. The van der Waals surface area contributed by atoms with Crippen molar-refractivity contribution >= 4 is 66.7 Å². The molecule has 38 heavy (non-hydrogen) atoms. The second-order valence-electron chi connectivity index (χ2n) is 8.62. The van der Waals surface area contributed by atoms with Gasteiger partial charge in [-0.15, -0.1) is 0 Å². The van der Waals surface area contributed by atoms with Crippen LogP contribution in [-0.4, -0.2) is 44.3 Å². The lowest BCUT2D eigenvalue weighted by Crippen LogP contribution is -2.51. The molecule has 1 N–H and O–H groups in total. The number of nitrogens with one attached hydrogen (secondary N) is 1. The molecular formula is C27H28BrCl2N3O4S. The van der Waals surface area contributed by atoms with Crippen LogP contribution in [-0.2, 0) is 26.2 Å². The van der Waals surface area contributed by atoms with Crippen LogP contribution in [0.3, 0.4) is 0 Å². The van der Waals surface area contributed by atoms with Gasteiger partial charge in [-0.2, -0.15) is 0 Å². The second kappa shape index (κ2) is 13.0. The molecule has 0 bridgehead atoms. The molecule has 3 rings (SSSR count). The first-order valence-corrected chi connectivity index (χ1v) is 14.8. The number of carbonyl (C=O) groups is 2. The van der Waals surface area contributed by atoms with Crippen LogP contribution in [0.1, 0.15) is 25.0 Å². The standard InChI is InChI=1S/C27H28BrCl2N3O4S/c1-4-31-27(35)19(3)32(16-20-10-12-21(28)13-11-20)25(34)17-33(24-7-5-6-23(29)26(24)30)38(36,37)22-14-8-18(2)9-15-22/h5-15,19H,4,16-17H2,1-3H3,(H,31,35)/t19-/m1/s1. The normalized spacial score (nSPS) is 12.1. The molecule has 2 amide bonds. The van der Waals surface area contributed by atoms with Crippen LogP contribution >= 0.6 is 39.1 Å². The van der Waals surface area contributed by atoms with E-state index in [1.54, 1.807) is 32.0 Å². The molecule has 0 unspecified atom stereocenters. The predicted octanol–water partition coefficient (Wildman–Crippen LogP) is 5.81. The highest BCUT2D eigenvalue weighted by Crippen LogP contribution is 2.35. The summed E-state index contributed by atoms with van der Waals surface area (Å²) in [6, 6.07) is 17.3. The molecule has 0 aromatic heterocycles. The van der Waals surface area contributed by atoms with Gasteiger partial charge in [0.2, 0.25) is 11.8 Å². The first kappa shape index (κ1) is 30.0. The van der Waals surface area contributed by atoms with E-state index < -0.39 is 28.5 Å². The lowest BCUT2D eigenvalue weighted by atomic mass is 10.1. The number of sulfonamides is 1. The molecule has 7 nitrogen and oxygen atoms in total. The number of nitrogens with zero attached hydrogens (tertiary/aromatic N) is 2. The Morgan fingerprint density at radius 3 is 2.24 bits per heavy atom. The number of hydrogen-bond acceptors (Lipinski definition) is 4. The van der Waals surface area contributed by atoms with E-state index in [1.807, 2.05) is 31.2 Å². The Balaban J connectivity index is 2.07. The summed E-state index contributed by atoms with van der Waals surface area (Å²) in [5.41, 5.74) is 1.71. The molecular weight excluding hydrogens is 613 g/mol. The Kier molecular flexibility index (Phi) is 10.2. The van der Waals surface area contributed by atoms with Crippen LogP contribution in [0.5, 0.6) is 0 Å². The van der Waals surface area contributed by atoms with Gasteiger partial charge in [0.25, 0.3) is 10.0 Å². The number of likely N-dealkylation sites (N-methyl/N-ethyl adjacent to an activating group) is 1. The van der Waals surface area contributed by atoms with Gasteiger partial charge in [0.15, 0.2) is 0 Å². The largest absolute Gasteiger partial charge is 0.355 e. The number of rotatable bonds is 10. The zero-order chi connectivity index (χ0) is 28.0. The summed E-state index contributed by atoms with van der Waals surface area (Å²) in [5, 5.41) is 2.86. The second-order valence-corrected chi connectivity index (χ2v) is 12.2. The number of benzene rings is 3. The number of carbonyl (C=O) groups excluding carboxylic acids is 2. The van der Waals surface area contributed by atoms with E-state index in [-0.39, 0.29) is 33.1 Å². The van der Waals surface area contributed by atoms with Crippen molar-refractivity contribution in [2.24, 2.45) is 0 Å². The Hall–Kier alpha value is -2.59. The monoisotopic (exact) mass is 639 g/mol. The number of halogens is 3. The first-order valence-electron chi connectivity index (χ1n) is 11.8. The van der Waals surface area contributed by atoms with E-state index >= 15 is 0 Å². The van der Waals surface area contributed by atoms with Crippen LogP contribution in [0.25, 0.3) is 0 Å². The predicted molar refractivity (Wildman–Crippen MR) is 155 cm³/mol. The van der Waals surface area contributed by atoms with Gasteiger partial charge in [0.05, 0.1) is 20.6 Å². The van der Waals surface area contributed by atoms with Crippen LogP contribution in [0.2, 0.25) is 10.0 Å². The van der Waals surface area contributed by atoms with Crippen molar-refractivity contribution in [3.63, 3.8) is 0 Å². The molecule has 3 aromatic rings. The van der Waals surface area contributed by atoms with E-state index in [9.17, 15) is 18.0 Å². The molecule has 202 valence electrons. The van der Waals surface area contributed by atoms with Gasteiger partial charge in [0.1, 0.15) is 12.6 Å². The molecule has 0 radical (unpaired) electrons. The maximum absolute atomic E-state index is 13.8. The molecule has 0 saturated carbocycles. The van der Waals surface area contributed by atoms with Gasteiger partial charge in [-0.3, -0.25) is 13.9 Å². The Labute approximate surface area is 241 Å². The lowest BCUT2D eigenvalue weighted by Gasteiger charge is -2.32. The SMILES string of the molecule is CCNC(=O)[C@@H](C)N(Cc1ccc(Br)cc1)C(=O)CN(c1cccc(Cl)c1Cl)S(=O)(=O)c1ccc(C)cc1. The van der Waals surface area contributed by atoms with Crippen molar-refractivity contribution in [3.8, 4) is 0 Å². The van der Waals surface area contributed by atoms with Crippen molar-refractivity contribution < 1.29 is 18.0 Å². The van der Waals surface area contributed by atoms with E-state index in [0.29, 0.717) is 6.54 Å². The molecule has 0 fully saturated rings. The quantitative estimate of drug-likeness (QED) is 0.303. The molecule has 3 aromatic carbocycles. The van der Waals surface area contributed by atoms with Crippen LogP contribution < -0.4 is 9.62 Å². The highest BCUT2D eigenvalue weighted by Gasteiger charge is 2.33. The molecule has 0 aliphatic carbocycles. The molecule has 0 aliphatic rings. The van der Waals surface area contributed by atoms with Gasteiger partial charge in [0, 0.05) is 17.6 Å². The first-order chi connectivity index (χ1) is 17.9.